The molecule has 4 rings (SSSR count). The van der Waals surface area contributed by atoms with Crippen LogP contribution in [0, 0.1) is 17.7 Å². The lowest BCUT2D eigenvalue weighted by molar-refractivity contribution is -0.119. The Bertz CT molecular complexity index is 1270. The van der Waals surface area contributed by atoms with Crippen molar-refractivity contribution in [1.29, 1.82) is 0 Å². The summed E-state index contributed by atoms with van der Waals surface area (Å²) in [6.45, 7) is 0. The third-order valence-corrected chi connectivity index (χ3v) is 8.20. The van der Waals surface area contributed by atoms with Crippen LogP contribution in [0.3, 0.4) is 0 Å². The van der Waals surface area contributed by atoms with E-state index in [1.165, 1.54) is 18.2 Å². The zero-order chi connectivity index (χ0) is 24.8. The number of nitrogens with zero attached hydrogens (tertiary/aromatic N) is 1. The van der Waals surface area contributed by atoms with Crippen LogP contribution in [0.25, 0.3) is 0 Å². The minimum absolute atomic E-state index is 0.0956. The van der Waals surface area contributed by atoms with Crippen molar-refractivity contribution in [2.75, 3.05) is 11.1 Å². The average molecular weight is 495 g/mol. The molecular weight excluding hydrogens is 467 g/mol. The second-order valence-corrected chi connectivity index (χ2v) is 11.0. The van der Waals surface area contributed by atoms with Crippen LogP contribution in [0.1, 0.15) is 41.7 Å². The first-order chi connectivity index (χ1) is 16.8. The quantitative estimate of drug-likeness (QED) is 0.406. The van der Waals surface area contributed by atoms with Gasteiger partial charge in [0.1, 0.15) is 11.5 Å². The number of carbonyl (C=O) groups is 2. The monoisotopic (exact) mass is 494 g/mol. The summed E-state index contributed by atoms with van der Waals surface area (Å²) in [5, 5.41) is 2.80. The molecule has 1 fully saturated rings. The summed E-state index contributed by atoms with van der Waals surface area (Å²) in [5.41, 5.74) is 1.44. The number of carbonyl (C=O) groups excluding carboxylic acids is 2. The smallest absolute Gasteiger partial charge is 0.228 e. The van der Waals surface area contributed by atoms with Crippen molar-refractivity contribution in [3.63, 3.8) is 0 Å². The van der Waals surface area contributed by atoms with Crippen LogP contribution in [-0.4, -0.2) is 30.8 Å². The van der Waals surface area contributed by atoms with Gasteiger partial charge in [-0.05, 0) is 67.1 Å². The van der Waals surface area contributed by atoms with Gasteiger partial charge < -0.3 is 5.32 Å². The van der Waals surface area contributed by atoms with Gasteiger partial charge in [-0.1, -0.05) is 36.8 Å². The Morgan fingerprint density at radius 3 is 2.31 bits per heavy atom. The van der Waals surface area contributed by atoms with E-state index < -0.39 is 21.6 Å². The van der Waals surface area contributed by atoms with Crippen LogP contribution in [0.5, 0.6) is 0 Å². The Balaban J connectivity index is 1.47. The van der Waals surface area contributed by atoms with Crippen LogP contribution >= 0.6 is 0 Å². The number of amides is 1. The molecule has 2 aromatic carbocycles. The lowest BCUT2D eigenvalue weighted by atomic mass is 9.87. The molecule has 0 saturated heterocycles. The largest absolute Gasteiger partial charge is 0.326 e. The topological polar surface area (TPSA) is 93.2 Å². The lowest BCUT2D eigenvalue weighted by Gasteiger charge is -2.24. The standard InChI is InChI=1S/C27H27FN2O4S/c28-22-9-14-25(29-17-22)26(31)16-21(15-19-5-2-1-3-6-19)27(32)30-23-10-12-24(13-11-23)35(33,34)18-20-7-4-8-20/h1-3,5-6,9-14,17,20-21H,4,7-8,15-16,18H2,(H,30,32)/t21-/m1/s1. The molecule has 1 saturated carbocycles. The highest BCUT2D eigenvalue weighted by Gasteiger charge is 2.27. The highest BCUT2D eigenvalue weighted by Crippen LogP contribution is 2.30. The number of Topliss-reactive ketones (excluding diaryl/α,β-unsaturated/α-hetero) is 1. The maximum absolute atomic E-state index is 13.2. The first-order valence-electron chi connectivity index (χ1n) is 11.6. The van der Waals surface area contributed by atoms with E-state index in [1.54, 1.807) is 12.1 Å². The van der Waals surface area contributed by atoms with Crippen molar-refractivity contribution in [1.82, 2.24) is 4.98 Å². The first-order valence-corrected chi connectivity index (χ1v) is 13.3. The summed E-state index contributed by atoms with van der Waals surface area (Å²) in [4.78, 5) is 30.0. The molecular formula is C27H27FN2O4S. The molecule has 0 radical (unpaired) electrons. The van der Waals surface area contributed by atoms with Crippen molar-refractivity contribution >= 4 is 27.2 Å². The van der Waals surface area contributed by atoms with E-state index in [-0.39, 0.29) is 40.4 Å². The maximum Gasteiger partial charge on any atom is 0.228 e. The number of halogens is 1. The minimum atomic E-state index is -3.36. The summed E-state index contributed by atoms with van der Waals surface area (Å²) < 4.78 is 38.4. The normalized spacial score (nSPS) is 14.7. The fourth-order valence-electron chi connectivity index (χ4n) is 4.08. The van der Waals surface area contributed by atoms with Gasteiger partial charge in [0.25, 0.3) is 0 Å². The number of aromatic nitrogens is 1. The number of anilines is 1. The van der Waals surface area contributed by atoms with E-state index >= 15 is 0 Å². The number of benzene rings is 2. The van der Waals surface area contributed by atoms with E-state index in [0.29, 0.717) is 12.1 Å². The summed E-state index contributed by atoms with van der Waals surface area (Å²) in [6, 6.07) is 17.9. The zero-order valence-electron chi connectivity index (χ0n) is 19.2. The third kappa shape index (κ3) is 6.60. The van der Waals surface area contributed by atoms with E-state index in [4.69, 9.17) is 0 Å². The molecule has 1 heterocycles. The van der Waals surface area contributed by atoms with Gasteiger partial charge >= 0.3 is 0 Å². The van der Waals surface area contributed by atoms with Crippen molar-refractivity contribution < 1.29 is 22.4 Å². The Morgan fingerprint density at radius 2 is 1.71 bits per heavy atom. The van der Waals surface area contributed by atoms with E-state index in [2.05, 4.69) is 10.3 Å². The molecule has 8 heteroatoms. The third-order valence-electron chi connectivity index (χ3n) is 6.30. The van der Waals surface area contributed by atoms with Crippen molar-refractivity contribution in [3.05, 3.63) is 90.0 Å². The number of hydrogen-bond acceptors (Lipinski definition) is 5. The summed E-state index contributed by atoms with van der Waals surface area (Å²) in [7, 11) is -3.36. The van der Waals surface area contributed by atoms with Gasteiger partial charge in [0.15, 0.2) is 15.6 Å². The minimum Gasteiger partial charge on any atom is -0.326 e. The number of ketones is 1. The molecule has 0 bridgehead atoms. The number of nitrogens with one attached hydrogen (secondary N) is 1. The number of sulfone groups is 1. The molecule has 1 amide bonds. The van der Waals surface area contributed by atoms with Gasteiger partial charge in [0, 0.05) is 18.0 Å². The van der Waals surface area contributed by atoms with Gasteiger partial charge in [-0.3, -0.25) is 14.6 Å². The Morgan fingerprint density at radius 1 is 1.00 bits per heavy atom. The van der Waals surface area contributed by atoms with E-state index in [0.717, 1.165) is 37.1 Å². The molecule has 1 aromatic heterocycles. The molecule has 1 atom stereocenters. The van der Waals surface area contributed by atoms with Gasteiger partial charge in [-0.25, -0.2) is 12.8 Å². The Labute approximate surface area is 204 Å². The second kappa shape index (κ2) is 10.9. The van der Waals surface area contributed by atoms with Gasteiger partial charge in [-0.2, -0.15) is 0 Å². The second-order valence-electron chi connectivity index (χ2n) is 8.97. The Hall–Kier alpha value is -3.39. The molecule has 0 unspecified atom stereocenters. The summed E-state index contributed by atoms with van der Waals surface area (Å²) >= 11 is 0. The van der Waals surface area contributed by atoms with Crippen molar-refractivity contribution in [2.45, 2.75) is 37.0 Å². The summed E-state index contributed by atoms with van der Waals surface area (Å²) in [5.74, 6) is -1.59. The highest BCUT2D eigenvalue weighted by molar-refractivity contribution is 7.91. The molecule has 6 nitrogen and oxygen atoms in total. The van der Waals surface area contributed by atoms with E-state index in [1.807, 2.05) is 30.3 Å². The number of rotatable bonds is 10. The molecule has 3 aromatic rings. The van der Waals surface area contributed by atoms with Crippen LogP contribution in [0.4, 0.5) is 10.1 Å². The van der Waals surface area contributed by atoms with Gasteiger partial charge in [0.2, 0.25) is 5.91 Å². The zero-order valence-corrected chi connectivity index (χ0v) is 20.0. The number of pyridine rings is 1. The predicted octanol–water partition coefficient (Wildman–Crippen LogP) is 4.86. The molecule has 182 valence electrons. The Kier molecular flexibility index (Phi) is 7.70. The fourth-order valence-corrected chi connectivity index (χ4v) is 5.78. The molecule has 1 N–H and O–H groups in total. The molecule has 1 aliphatic carbocycles. The highest BCUT2D eigenvalue weighted by atomic mass is 32.2. The van der Waals surface area contributed by atoms with Crippen molar-refractivity contribution in [2.24, 2.45) is 11.8 Å². The SMILES string of the molecule is O=C(C[C@@H](Cc1ccccc1)C(=O)Nc1ccc(S(=O)(=O)CC2CCC2)cc1)c1ccc(F)cn1. The molecule has 0 aliphatic heterocycles. The maximum atomic E-state index is 13.2. The predicted molar refractivity (Wildman–Crippen MR) is 131 cm³/mol. The molecule has 0 spiro atoms. The van der Waals surface area contributed by atoms with Crippen LogP contribution in [0.15, 0.2) is 77.8 Å². The number of hydrogen-bond donors (Lipinski definition) is 1. The first kappa shape index (κ1) is 24.7. The summed E-state index contributed by atoms with van der Waals surface area (Å²) in [6.07, 6.45) is 4.17. The van der Waals surface area contributed by atoms with Gasteiger partial charge in [-0.15, -0.1) is 0 Å². The van der Waals surface area contributed by atoms with Gasteiger partial charge in [0.05, 0.1) is 16.8 Å². The van der Waals surface area contributed by atoms with Crippen LogP contribution in [-0.2, 0) is 21.1 Å². The molecule has 1 aliphatic rings. The van der Waals surface area contributed by atoms with Crippen molar-refractivity contribution in [3.8, 4) is 0 Å². The average Bonchev–Trinajstić information content (AvgIpc) is 2.82. The fraction of sp³-hybridized carbons (Fsp3) is 0.296. The van der Waals surface area contributed by atoms with Crippen LogP contribution < -0.4 is 5.32 Å². The van der Waals surface area contributed by atoms with E-state index in [9.17, 15) is 22.4 Å². The molecule has 35 heavy (non-hydrogen) atoms. The van der Waals surface area contributed by atoms with Crippen LogP contribution in [0.2, 0.25) is 0 Å². The lowest BCUT2D eigenvalue weighted by Crippen LogP contribution is -2.27.